The second kappa shape index (κ2) is 5.76. The van der Waals surface area contributed by atoms with E-state index in [4.69, 9.17) is 18.4 Å². The first kappa shape index (κ1) is 17.8. The van der Waals surface area contributed by atoms with Crippen LogP contribution in [-0.4, -0.2) is 50.0 Å². The molecule has 3 rings (SSSR count). The molecular weight excluding hydrogens is 336 g/mol. The van der Waals surface area contributed by atoms with Gasteiger partial charge in [0.05, 0.1) is 11.5 Å². The van der Waals surface area contributed by atoms with Crippen molar-refractivity contribution in [3.63, 3.8) is 0 Å². The van der Waals surface area contributed by atoms with Crippen molar-refractivity contribution in [1.82, 2.24) is 0 Å². The minimum Gasteiger partial charge on any atom is -0.366 e. The molecule has 0 aromatic heterocycles. The molecule has 0 aliphatic carbocycles. The predicted octanol–water partition coefficient (Wildman–Crippen LogP) is 1.33. The summed E-state index contributed by atoms with van der Waals surface area (Å²) in [5, 5.41) is 10.1. The van der Waals surface area contributed by atoms with Gasteiger partial charge in [0.15, 0.2) is 12.1 Å². The maximum absolute atomic E-state index is 12.3. The van der Waals surface area contributed by atoms with Crippen LogP contribution in [0.3, 0.4) is 0 Å². The van der Waals surface area contributed by atoms with E-state index in [1.807, 2.05) is 6.92 Å². The Morgan fingerprint density at radius 1 is 1.21 bits per heavy atom. The molecule has 134 valence electrons. The summed E-state index contributed by atoms with van der Waals surface area (Å²) in [6, 6.07) is 6.36. The van der Waals surface area contributed by atoms with Crippen molar-refractivity contribution in [2.24, 2.45) is 0 Å². The molecule has 1 N–H and O–H groups in total. The maximum atomic E-state index is 12.3. The van der Waals surface area contributed by atoms with Crippen LogP contribution in [0.5, 0.6) is 0 Å². The molecule has 0 radical (unpaired) electrons. The van der Waals surface area contributed by atoms with Crippen molar-refractivity contribution in [2.75, 3.05) is 6.61 Å². The summed E-state index contributed by atoms with van der Waals surface area (Å²) in [4.78, 5) is 0.0679. The number of ether oxygens (including phenoxy) is 3. The molecule has 7 nitrogen and oxygen atoms in total. The molecule has 2 aliphatic rings. The lowest BCUT2D eigenvalue weighted by atomic mass is 9.98. The minimum absolute atomic E-state index is 0.0679. The zero-order valence-corrected chi connectivity index (χ0v) is 14.9. The largest absolute Gasteiger partial charge is 0.366 e. The van der Waals surface area contributed by atoms with Crippen LogP contribution in [0.2, 0.25) is 0 Å². The van der Waals surface area contributed by atoms with Gasteiger partial charge in [-0.15, -0.1) is 0 Å². The first-order valence-corrected chi connectivity index (χ1v) is 9.12. The average Bonchev–Trinajstić information content (AvgIpc) is 2.85. The van der Waals surface area contributed by atoms with E-state index in [9.17, 15) is 13.5 Å². The van der Waals surface area contributed by atoms with E-state index < -0.39 is 40.0 Å². The van der Waals surface area contributed by atoms with Gasteiger partial charge in [-0.1, -0.05) is 17.7 Å². The highest BCUT2D eigenvalue weighted by Gasteiger charge is 2.63. The quantitative estimate of drug-likeness (QED) is 0.812. The molecule has 24 heavy (non-hydrogen) atoms. The Kier molecular flexibility index (Phi) is 4.26. The van der Waals surface area contributed by atoms with E-state index in [-0.39, 0.29) is 11.5 Å². The highest BCUT2D eigenvalue weighted by molar-refractivity contribution is 7.86. The summed E-state index contributed by atoms with van der Waals surface area (Å²) in [7, 11) is -3.92. The Morgan fingerprint density at radius 3 is 2.46 bits per heavy atom. The number of hydrogen-bond acceptors (Lipinski definition) is 7. The lowest BCUT2D eigenvalue weighted by molar-refractivity contribution is -0.243. The normalized spacial score (nSPS) is 35.1. The van der Waals surface area contributed by atoms with Crippen molar-refractivity contribution in [2.45, 2.75) is 62.5 Å². The lowest BCUT2D eigenvalue weighted by Crippen LogP contribution is -2.44. The molecular formula is C16H22O7S. The number of hydrogen-bond donors (Lipinski definition) is 1. The molecule has 1 aromatic carbocycles. The topological polar surface area (TPSA) is 91.3 Å². The Morgan fingerprint density at radius 2 is 1.83 bits per heavy atom. The number of aliphatic hydroxyl groups excluding tert-OH is 1. The van der Waals surface area contributed by atoms with Crippen molar-refractivity contribution >= 4 is 10.1 Å². The van der Waals surface area contributed by atoms with Gasteiger partial charge in [0.2, 0.25) is 0 Å². The van der Waals surface area contributed by atoms with E-state index in [1.165, 1.54) is 12.1 Å². The van der Waals surface area contributed by atoms with Crippen LogP contribution in [0.4, 0.5) is 0 Å². The summed E-state index contributed by atoms with van der Waals surface area (Å²) >= 11 is 0. The van der Waals surface area contributed by atoms with Crippen LogP contribution >= 0.6 is 0 Å². The molecule has 4 atom stereocenters. The van der Waals surface area contributed by atoms with Crippen molar-refractivity contribution in [3.8, 4) is 0 Å². The lowest BCUT2D eigenvalue weighted by Gasteiger charge is -2.25. The summed E-state index contributed by atoms with van der Waals surface area (Å²) in [6.07, 6.45) is -2.61. The molecule has 0 spiro atoms. The van der Waals surface area contributed by atoms with Crippen molar-refractivity contribution in [1.29, 1.82) is 0 Å². The highest BCUT2D eigenvalue weighted by atomic mass is 32.2. The fraction of sp³-hybridized carbons (Fsp3) is 0.625. The fourth-order valence-corrected chi connectivity index (χ4v) is 4.02. The van der Waals surface area contributed by atoms with Crippen molar-refractivity contribution in [3.05, 3.63) is 29.8 Å². The summed E-state index contributed by atoms with van der Waals surface area (Å²) < 4.78 is 46.5. The Balaban J connectivity index is 1.72. The average molecular weight is 358 g/mol. The zero-order valence-electron chi connectivity index (χ0n) is 14.1. The number of aliphatic hydroxyl groups is 1. The molecule has 0 amide bonds. The number of benzene rings is 1. The third-order valence-electron chi connectivity index (χ3n) is 4.27. The van der Waals surface area contributed by atoms with Crippen molar-refractivity contribution < 1.29 is 31.9 Å². The van der Waals surface area contributed by atoms with Crippen LogP contribution < -0.4 is 0 Å². The zero-order chi connectivity index (χ0) is 17.8. The summed E-state index contributed by atoms with van der Waals surface area (Å²) in [5.41, 5.74) is -0.115. The van der Waals surface area contributed by atoms with Gasteiger partial charge < -0.3 is 19.3 Å². The van der Waals surface area contributed by atoms with E-state index in [0.29, 0.717) is 0 Å². The Hall–Kier alpha value is -1.03. The molecule has 0 bridgehead atoms. The van der Waals surface area contributed by atoms with E-state index in [0.717, 1.165) is 5.56 Å². The molecule has 1 unspecified atom stereocenters. The molecule has 8 heteroatoms. The van der Waals surface area contributed by atoms with Crippen LogP contribution in [0.1, 0.15) is 26.3 Å². The maximum Gasteiger partial charge on any atom is 0.297 e. The predicted molar refractivity (Wildman–Crippen MR) is 83.6 cm³/mol. The molecule has 1 aromatic rings. The Bertz CT molecular complexity index is 712. The number of fused-ring (bicyclic) bond motifs is 1. The molecule has 2 aliphatic heterocycles. The summed E-state index contributed by atoms with van der Waals surface area (Å²) in [5.74, 6) is -0.891. The first-order chi connectivity index (χ1) is 11.0. The summed E-state index contributed by atoms with van der Waals surface area (Å²) in [6.45, 7) is 6.72. The molecule has 2 saturated heterocycles. The van der Waals surface area contributed by atoms with E-state index in [2.05, 4.69) is 0 Å². The van der Waals surface area contributed by atoms with Gasteiger partial charge in [-0.2, -0.15) is 8.42 Å². The number of aryl methyl sites for hydroxylation is 1. The van der Waals surface area contributed by atoms with Crippen LogP contribution in [0.15, 0.2) is 29.2 Å². The standard InChI is InChI=1S/C16H22O7S/c1-10-5-7-11(8-6-10)24(18,19)20-9-12-13-16(4,14(17)21-12)23-15(2,3)22-13/h5-8,12-14,17H,9H2,1-4H3/t12-,13-,14?,16-/m1/s1. The first-order valence-electron chi connectivity index (χ1n) is 7.71. The SMILES string of the molecule is Cc1ccc(S(=O)(=O)OC[C@H]2OC(O)[C@]3(C)OC(C)(C)O[C@H]23)cc1. The second-order valence-electron chi connectivity index (χ2n) is 6.80. The van der Waals surface area contributed by atoms with Gasteiger partial charge in [-0.3, -0.25) is 4.18 Å². The van der Waals surface area contributed by atoms with Crippen LogP contribution in [0.25, 0.3) is 0 Å². The number of rotatable bonds is 4. The van der Waals surface area contributed by atoms with E-state index >= 15 is 0 Å². The van der Waals surface area contributed by atoms with E-state index in [1.54, 1.807) is 32.9 Å². The second-order valence-corrected chi connectivity index (χ2v) is 8.42. The van der Waals surface area contributed by atoms with Gasteiger partial charge >= 0.3 is 0 Å². The van der Waals surface area contributed by atoms with Crippen LogP contribution in [0, 0.1) is 6.92 Å². The Labute approximate surface area is 141 Å². The van der Waals surface area contributed by atoms with Gasteiger partial charge in [-0.25, -0.2) is 0 Å². The smallest absolute Gasteiger partial charge is 0.297 e. The third kappa shape index (κ3) is 3.10. The highest BCUT2D eigenvalue weighted by Crippen LogP contribution is 2.45. The van der Waals surface area contributed by atoms with Gasteiger partial charge in [-0.05, 0) is 39.8 Å². The van der Waals surface area contributed by atoms with Gasteiger partial charge in [0.1, 0.15) is 17.8 Å². The third-order valence-corrected chi connectivity index (χ3v) is 5.57. The van der Waals surface area contributed by atoms with Crippen LogP contribution in [-0.2, 0) is 28.5 Å². The minimum atomic E-state index is -3.92. The van der Waals surface area contributed by atoms with Gasteiger partial charge in [0, 0.05) is 0 Å². The molecule has 2 heterocycles. The van der Waals surface area contributed by atoms with Gasteiger partial charge in [0.25, 0.3) is 10.1 Å². The monoisotopic (exact) mass is 358 g/mol. The molecule has 2 fully saturated rings. The molecule has 0 saturated carbocycles. The fourth-order valence-electron chi connectivity index (χ4n) is 3.10.